The minimum absolute atomic E-state index is 0.0524. The molecule has 2 aliphatic rings. The van der Waals surface area contributed by atoms with E-state index in [1.165, 1.54) is 11.1 Å². The molecule has 2 heterocycles. The Morgan fingerprint density at radius 1 is 1.08 bits per heavy atom. The first-order valence-corrected chi connectivity index (χ1v) is 9.38. The van der Waals surface area contributed by atoms with Gasteiger partial charge in [-0.2, -0.15) is 0 Å². The van der Waals surface area contributed by atoms with Gasteiger partial charge in [-0.15, -0.1) is 0 Å². The fourth-order valence-electron chi connectivity index (χ4n) is 3.84. The zero-order valence-corrected chi connectivity index (χ0v) is 15.2. The minimum Gasteiger partial charge on any atom is -0.487 e. The van der Waals surface area contributed by atoms with Gasteiger partial charge in [-0.05, 0) is 43.5 Å². The standard InChI is InChI=1S/C22H25NO3/c1-17-6-8-19(9-7-17)25-16-21(24)23-14-12-22(13-15-23)11-10-18-4-2-3-5-20(18)26-22/h2-9H,10-16H2,1H3. The third kappa shape index (κ3) is 3.55. The summed E-state index contributed by atoms with van der Waals surface area (Å²) in [6.07, 6.45) is 3.86. The van der Waals surface area contributed by atoms with Gasteiger partial charge < -0.3 is 14.4 Å². The Kier molecular flexibility index (Phi) is 4.58. The minimum atomic E-state index is -0.108. The number of hydrogen-bond acceptors (Lipinski definition) is 3. The summed E-state index contributed by atoms with van der Waals surface area (Å²) in [5, 5.41) is 0. The van der Waals surface area contributed by atoms with E-state index in [-0.39, 0.29) is 18.1 Å². The Labute approximate surface area is 154 Å². The Bertz CT molecular complexity index is 776. The van der Waals surface area contributed by atoms with Crippen molar-refractivity contribution in [2.45, 2.75) is 38.2 Å². The topological polar surface area (TPSA) is 38.8 Å². The molecule has 1 fully saturated rings. The van der Waals surface area contributed by atoms with Crippen molar-refractivity contribution in [2.75, 3.05) is 19.7 Å². The quantitative estimate of drug-likeness (QED) is 0.845. The van der Waals surface area contributed by atoms with Crippen LogP contribution >= 0.6 is 0 Å². The molecule has 4 heteroatoms. The van der Waals surface area contributed by atoms with Crippen molar-refractivity contribution in [3.63, 3.8) is 0 Å². The number of benzene rings is 2. The van der Waals surface area contributed by atoms with Gasteiger partial charge in [0.05, 0.1) is 0 Å². The maximum atomic E-state index is 12.5. The Morgan fingerprint density at radius 3 is 2.58 bits per heavy atom. The van der Waals surface area contributed by atoms with Crippen LogP contribution in [0.1, 0.15) is 30.4 Å². The molecule has 26 heavy (non-hydrogen) atoms. The van der Waals surface area contributed by atoms with Crippen LogP contribution < -0.4 is 9.47 Å². The second-order valence-corrected chi connectivity index (χ2v) is 7.38. The fourth-order valence-corrected chi connectivity index (χ4v) is 3.84. The van der Waals surface area contributed by atoms with Crippen molar-refractivity contribution in [2.24, 2.45) is 0 Å². The van der Waals surface area contributed by atoms with Gasteiger partial charge >= 0.3 is 0 Å². The van der Waals surface area contributed by atoms with Crippen LogP contribution in [0.5, 0.6) is 11.5 Å². The van der Waals surface area contributed by atoms with E-state index in [1.807, 2.05) is 42.2 Å². The highest BCUT2D eigenvalue weighted by atomic mass is 16.5. The van der Waals surface area contributed by atoms with Crippen molar-refractivity contribution in [1.82, 2.24) is 4.90 Å². The van der Waals surface area contributed by atoms with Crippen LogP contribution in [0.2, 0.25) is 0 Å². The molecule has 0 saturated carbocycles. The van der Waals surface area contributed by atoms with E-state index >= 15 is 0 Å². The van der Waals surface area contributed by atoms with Crippen LogP contribution in [0.15, 0.2) is 48.5 Å². The van der Waals surface area contributed by atoms with Crippen LogP contribution in [0.25, 0.3) is 0 Å². The first kappa shape index (κ1) is 17.0. The number of nitrogens with zero attached hydrogens (tertiary/aromatic N) is 1. The molecule has 2 aromatic rings. The number of ether oxygens (including phenoxy) is 2. The van der Waals surface area contributed by atoms with Crippen molar-refractivity contribution in [3.8, 4) is 11.5 Å². The number of amides is 1. The van der Waals surface area contributed by atoms with Crippen LogP contribution in [-0.2, 0) is 11.2 Å². The lowest BCUT2D eigenvalue weighted by molar-refractivity contribution is -0.137. The number of hydrogen-bond donors (Lipinski definition) is 0. The molecular formula is C22H25NO3. The molecule has 0 unspecified atom stereocenters. The molecular weight excluding hydrogens is 326 g/mol. The van der Waals surface area contributed by atoms with Crippen molar-refractivity contribution < 1.29 is 14.3 Å². The lowest BCUT2D eigenvalue weighted by Crippen LogP contribution is -2.52. The first-order valence-electron chi connectivity index (χ1n) is 9.38. The highest BCUT2D eigenvalue weighted by Gasteiger charge is 2.40. The molecule has 2 aromatic carbocycles. The highest BCUT2D eigenvalue weighted by Crippen LogP contribution is 2.39. The number of carbonyl (C=O) groups excluding carboxylic acids is 1. The summed E-state index contributed by atoms with van der Waals surface area (Å²) in [7, 11) is 0. The van der Waals surface area contributed by atoms with Gasteiger partial charge in [-0.3, -0.25) is 4.79 Å². The van der Waals surface area contributed by atoms with Gasteiger partial charge in [0.2, 0.25) is 0 Å². The monoisotopic (exact) mass is 351 g/mol. The van der Waals surface area contributed by atoms with Crippen LogP contribution in [0, 0.1) is 6.92 Å². The van der Waals surface area contributed by atoms with E-state index in [2.05, 4.69) is 18.2 Å². The summed E-state index contributed by atoms with van der Waals surface area (Å²) in [5.41, 5.74) is 2.37. The van der Waals surface area contributed by atoms with Gasteiger partial charge in [0, 0.05) is 25.9 Å². The number of piperidine rings is 1. The number of rotatable bonds is 3. The summed E-state index contributed by atoms with van der Waals surface area (Å²) in [5.74, 6) is 1.81. The first-order chi connectivity index (χ1) is 12.6. The lowest BCUT2D eigenvalue weighted by atomic mass is 9.83. The lowest BCUT2D eigenvalue weighted by Gasteiger charge is -2.44. The van der Waals surface area contributed by atoms with E-state index in [1.54, 1.807) is 0 Å². The summed E-state index contributed by atoms with van der Waals surface area (Å²) in [4.78, 5) is 14.4. The van der Waals surface area contributed by atoms with Crippen LogP contribution in [-0.4, -0.2) is 36.1 Å². The van der Waals surface area contributed by atoms with E-state index < -0.39 is 0 Å². The zero-order valence-electron chi connectivity index (χ0n) is 15.2. The van der Waals surface area contributed by atoms with Gasteiger partial charge in [-0.1, -0.05) is 35.9 Å². The van der Waals surface area contributed by atoms with Gasteiger partial charge in [0.15, 0.2) is 6.61 Å². The smallest absolute Gasteiger partial charge is 0.260 e. The fraction of sp³-hybridized carbons (Fsp3) is 0.409. The number of para-hydroxylation sites is 1. The molecule has 1 saturated heterocycles. The number of carbonyl (C=O) groups is 1. The van der Waals surface area contributed by atoms with Crippen molar-refractivity contribution >= 4 is 5.91 Å². The van der Waals surface area contributed by atoms with Gasteiger partial charge in [0.25, 0.3) is 5.91 Å². The van der Waals surface area contributed by atoms with Crippen LogP contribution in [0.3, 0.4) is 0 Å². The van der Waals surface area contributed by atoms with E-state index in [0.29, 0.717) is 0 Å². The summed E-state index contributed by atoms with van der Waals surface area (Å²) in [6.45, 7) is 3.60. The molecule has 0 atom stereocenters. The van der Waals surface area contributed by atoms with Gasteiger partial charge in [0.1, 0.15) is 17.1 Å². The molecule has 0 radical (unpaired) electrons. The van der Waals surface area contributed by atoms with Crippen LogP contribution in [0.4, 0.5) is 0 Å². The molecule has 2 aliphatic heterocycles. The second-order valence-electron chi connectivity index (χ2n) is 7.38. The molecule has 4 rings (SSSR count). The molecule has 0 N–H and O–H groups in total. The maximum absolute atomic E-state index is 12.5. The van der Waals surface area contributed by atoms with E-state index in [0.717, 1.165) is 50.3 Å². The third-order valence-corrected chi connectivity index (χ3v) is 5.56. The predicted molar refractivity (Wildman–Crippen MR) is 101 cm³/mol. The average molecular weight is 351 g/mol. The predicted octanol–water partition coefficient (Wildman–Crippen LogP) is 3.76. The molecule has 0 aromatic heterocycles. The second kappa shape index (κ2) is 7.02. The van der Waals surface area contributed by atoms with Crippen molar-refractivity contribution in [1.29, 1.82) is 0 Å². The number of likely N-dealkylation sites (tertiary alicyclic amines) is 1. The van der Waals surface area contributed by atoms with Crippen molar-refractivity contribution in [3.05, 3.63) is 59.7 Å². The maximum Gasteiger partial charge on any atom is 0.260 e. The SMILES string of the molecule is Cc1ccc(OCC(=O)N2CCC3(CCc4ccccc4O3)CC2)cc1. The van der Waals surface area contributed by atoms with E-state index in [9.17, 15) is 4.79 Å². The largest absolute Gasteiger partial charge is 0.487 e. The summed E-state index contributed by atoms with van der Waals surface area (Å²) in [6, 6.07) is 16.1. The zero-order chi connectivity index (χ0) is 18.0. The normalized spacial score (nSPS) is 18.1. The highest BCUT2D eigenvalue weighted by molar-refractivity contribution is 5.77. The average Bonchev–Trinajstić information content (AvgIpc) is 2.68. The number of aryl methyl sites for hydroxylation is 2. The molecule has 136 valence electrons. The molecule has 0 aliphatic carbocycles. The Balaban J connectivity index is 1.31. The molecule has 1 spiro atoms. The number of fused-ring (bicyclic) bond motifs is 1. The molecule has 0 bridgehead atoms. The third-order valence-electron chi connectivity index (χ3n) is 5.56. The summed E-state index contributed by atoms with van der Waals surface area (Å²) >= 11 is 0. The molecule has 1 amide bonds. The Morgan fingerprint density at radius 2 is 1.81 bits per heavy atom. The van der Waals surface area contributed by atoms with E-state index in [4.69, 9.17) is 9.47 Å². The molecule has 4 nitrogen and oxygen atoms in total. The van der Waals surface area contributed by atoms with Gasteiger partial charge in [-0.25, -0.2) is 0 Å². The summed E-state index contributed by atoms with van der Waals surface area (Å²) < 4.78 is 12.0. The Hall–Kier alpha value is -2.49.